The van der Waals surface area contributed by atoms with Gasteiger partial charge in [-0.2, -0.15) is 0 Å². The minimum atomic E-state index is -0.446. The normalized spacial score (nSPS) is 10.3. The Bertz CT molecular complexity index is 514. The summed E-state index contributed by atoms with van der Waals surface area (Å²) in [7, 11) is 1.43. The zero-order valence-electron chi connectivity index (χ0n) is 10.1. The highest BCUT2D eigenvalue weighted by molar-refractivity contribution is 7.09. The van der Waals surface area contributed by atoms with Gasteiger partial charge in [0.2, 0.25) is 0 Å². The van der Waals surface area contributed by atoms with Gasteiger partial charge < -0.3 is 15.8 Å². The van der Waals surface area contributed by atoms with Crippen LogP contribution in [-0.2, 0) is 6.42 Å². The van der Waals surface area contributed by atoms with E-state index in [4.69, 9.17) is 10.5 Å². The lowest BCUT2D eigenvalue weighted by atomic mass is 10.2. The van der Waals surface area contributed by atoms with Crippen LogP contribution < -0.4 is 15.8 Å². The first kappa shape index (κ1) is 12.7. The zero-order valence-corrected chi connectivity index (χ0v) is 10.9. The fraction of sp³-hybridized carbons (Fsp3) is 0.231. The highest BCUT2D eigenvalue weighted by Crippen LogP contribution is 2.27. The number of hydrogen-bond acceptors (Lipinski definition) is 4. The van der Waals surface area contributed by atoms with Gasteiger partial charge in [0, 0.05) is 23.6 Å². The van der Waals surface area contributed by atoms with Gasteiger partial charge in [0.05, 0.1) is 18.5 Å². The third kappa shape index (κ3) is 2.92. The third-order valence-electron chi connectivity index (χ3n) is 2.59. The van der Waals surface area contributed by atoms with E-state index in [1.807, 2.05) is 11.4 Å². The van der Waals surface area contributed by atoms with E-state index < -0.39 is 5.82 Å². The molecule has 0 aliphatic carbocycles. The van der Waals surface area contributed by atoms with Crippen molar-refractivity contribution in [3.05, 3.63) is 40.3 Å². The Kier molecular flexibility index (Phi) is 4.04. The largest absolute Gasteiger partial charge is 0.494 e. The summed E-state index contributed by atoms with van der Waals surface area (Å²) < 4.78 is 18.3. The summed E-state index contributed by atoms with van der Waals surface area (Å²) in [6.45, 7) is 0.750. The van der Waals surface area contributed by atoms with Crippen LogP contribution in [0.3, 0.4) is 0 Å². The molecule has 2 aromatic rings. The lowest BCUT2D eigenvalue weighted by Gasteiger charge is -2.11. The fourth-order valence-corrected chi connectivity index (χ4v) is 2.36. The number of halogens is 1. The molecule has 0 unspecified atom stereocenters. The van der Waals surface area contributed by atoms with Crippen molar-refractivity contribution in [1.82, 2.24) is 0 Å². The second kappa shape index (κ2) is 5.73. The van der Waals surface area contributed by atoms with E-state index in [0.717, 1.165) is 13.0 Å². The van der Waals surface area contributed by atoms with Crippen LogP contribution in [0.4, 0.5) is 15.8 Å². The maximum absolute atomic E-state index is 13.3. The predicted octanol–water partition coefficient (Wildman–Crippen LogP) is 3.13. The molecule has 0 spiro atoms. The SMILES string of the molecule is COc1cc(NCCc2cccs2)c(N)cc1F. The average molecular weight is 266 g/mol. The smallest absolute Gasteiger partial charge is 0.167 e. The van der Waals surface area contributed by atoms with Crippen LogP contribution in [0.15, 0.2) is 29.6 Å². The van der Waals surface area contributed by atoms with Crippen LogP contribution in [0.5, 0.6) is 5.75 Å². The number of benzene rings is 1. The topological polar surface area (TPSA) is 47.3 Å². The Morgan fingerprint density at radius 2 is 2.28 bits per heavy atom. The molecular formula is C13H15FN2OS. The van der Waals surface area contributed by atoms with Crippen LogP contribution in [0.25, 0.3) is 0 Å². The Morgan fingerprint density at radius 3 is 2.94 bits per heavy atom. The van der Waals surface area contributed by atoms with E-state index in [2.05, 4.69) is 11.4 Å². The van der Waals surface area contributed by atoms with Gasteiger partial charge in [0.25, 0.3) is 0 Å². The van der Waals surface area contributed by atoms with E-state index in [1.165, 1.54) is 18.1 Å². The molecule has 3 nitrogen and oxygen atoms in total. The van der Waals surface area contributed by atoms with Crippen molar-refractivity contribution in [3.63, 3.8) is 0 Å². The van der Waals surface area contributed by atoms with Crippen molar-refractivity contribution in [1.29, 1.82) is 0 Å². The molecular weight excluding hydrogens is 251 g/mol. The molecule has 1 aromatic heterocycles. The van der Waals surface area contributed by atoms with E-state index in [-0.39, 0.29) is 5.75 Å². The number of nitrogens with one attached hydrogen (secondary N) is 1. The molecule has 0 aliphatic rings. The first-order valence-electron chi connectivity index (χ1n) is 5.60. The monoisotopic (exact) mass is 266 g/mol. The molecule has 96 valence electrons. The van der Waals surface area contributed by atoms with E-state index in [9.17, 15) is 4.39 Å². The van der Waals surface area contributed by atoms with Crippen LogP contribution in [0.1, 0.15) is 4.88 Å². The molecule has 0 saturated carbocycles. The molecule has 0 fully saturated rings. The third-order valence-corrected chi connectivity index (χ3v) is 3.53. The molecule has 1 heterocycles. The second-order valence-corrected chi connectivity index (χ2v) is 4.86. The van der Waals surface area contributed by atoms with Crippen molar-refractivity contribution < 1.29 is 9.13 Å². The maximum atomic E-state index is 13.3. The van der Waals surface area contributed by atoms with Gasteiger partial charge in [-0.25, -0.2) is 4.39 Å². The van der Waals surface area contributed by atoms with Gasteiger partial charge in [0.1, 0.15) is 0 Å². The molecule has 0 atom stereocenters. The molecule has 3 N–H and O–H groups in total. The second-order valence-electron chi connectivity index (χ2n) is 3.83. The predicted molar refractivity (Wildman–Crippen MR) is 73.9 cm³/mol. The summed E-state index contributed by atoms with van der Waals surface area (Å²) in [6, 6.07) is 6.96. The van der Waals surface area contributed by atoms with Crippen LogP contribution in [0, 0.1) is 5.82 Å². The summed E-state index contributed by atoms with van der Waals surface area (Å²) in [4.78, 5) is 1.30. The zero-order chi connectivity index (χ0) is 13.0. The number of thiophene rings is 1. The summed E-state index contributed by atoms with van der Waals surface area (Å²) >= 11 is 1.72. The van der Waals surface area contributed by atoms with E-state index in [1.54, 1.807) is 17.4 Å². The molecule has 0 radical (unpaired) electrons. The number of hydrogen-bond donors (Lipinski definition) is 2. The molecule has 0 amide bonds. The standard InChI is InChI=1S/C13H15FN2OS/c1-17-13-8-12(11(15)7-10(13)14)16-5-4-9-3-2-6-18-9/h2-3,6-8,16H,4-5,15H2,1H3. The molecule has 2 rings (SSSR count). The molecule has 5 heteroatoms. The average Bonchev–Trinajstić information content (AvgIpc) is 2.85. The number of anilines is 2. The van der Waals surface area contributed by atoms with Crippen molar-refractivity contribution in [2.45, 2.75) is 6.42 Å². The van der Waals surface area contributed by atoms with Gasteiger partial charge in [-0.1, -0.05) is 6.07 Å². The first-order chi connectivity index (χ1) is 8.70. The summed E-state index contributed by atoms with van der Waals surface area (Å²) in [6.07, 6.45) is 0.913. The van der Waals surface area contributed by atoms with Crippen LogP contribution in [-0.4, -0.2) is 13.7 Å². The minimum Gasteiger partial charge on any atom is -0.494 e. The highest BCUT2D eigenvalue weighted by atomic mass is 32.1. The number of rotatable bonds is 5. The quantitative estimate of drug-likeness (QED) is 0.817. The lowest BCUT2D eigenvalue weighted by molar-refractivity contribution is 0.387. The Morgan fingerprint density at radius 1 is 1.44 bits per heavy atom. The van der Waals surface area contributed by atoms with Crippen molar-refractivity contribution >= 4 is 22.7 Å². The molecule has 18 heavy (non-hydrogen) atoms. The van der Waals surface area contributed by atoms with Crippen LogP contribution in [0.2, 0.25) is 0 Å². The minimum absolute atomic E-state index is 0.197. The molecule has 0 bridgehead atoms. The first-order valence-corrected chi connectivity index (χ1v) is 6.48. The molecule has 0 saturated heterocycles. The van der Waals surface area contributed by atoms with Crippen molar-refractivity contribution in [3.8, 4) is 5.75 Å². The molecule has 1 aromatic carbocycles. The van der Waals surface area contributed by atoms with Gasteiger partial charge >= 0.3 is 0 Å². The van der Waals surface area contributed by atoms with Crippen LogP contribution >= 0.6 is 11.3 Å². The van der Waals surface area contributed by atoms with Gasteiger partial charge in [-0.3, -0.25) is 0 Å². The van der Waals surface area contributed by atoms with Gasteiger partial charge in [-0.05, 0) is 17.9 Å². The van der Waals surface area contributed by atoms with Crippen molar-refractivity contribution in [2.75, 3.05) is 24.7 Å². The number of nitrogen functional groups attached to an aromatic ring is 1. The Balaban J connectivity index is 2.00. The number of ether oxygens (including phenoxy) is 1. The van der Waals surface area contributed by atoms with Crippen molar-refractivity contribution in [2.24, 2.45) is 0 Å². The summed E-state index contributed by atoms with van der Waals surface area (Å²) in [5, 5.41) is 5.23. The lowest BCUT2D eigenvalue weighted by Crippen LogP contribution is -2.07. The van der Waals surface area contributed by atoms with Gasteiger partial charge in [-0.15, -0.1) is 11.3 Å². The van der Waals surface area contributed by atoms with Gasteiger partial charge in [0.15, 0.2) is 11.6 Å². The highest BCUT2D eigenvalue weighted by Gasteiger charge is 2.07. The fourth-order valence-electron chi connectivity index (χ4n) is 1.65. The van der Waals surface area contributed by atoms with E-state index in [0.29, 0.717) is 11.4 Å². The van der Waals surface area contributed by atoms with E-state index >= 15 is 0 Å². The number of methoxy groups -OCH3 is 1. The Labute approximate surface area is 109 Å². The number of nitrogens with two attached hydrogens (primary N) is 1. The maximum Gasteiger partial charge on any atom is 0.167 e. The molecule has 0 aliphatic heterocycles. The Hall–Kier alpha value is -1.75. The summed E-state index contributed by atoms with van der Waals surface area (Å²) in [5.74, 6) is -0.248. The summed E-state index contributed by atoms with van der Waals surface area (Å²) in [5.41, 5.74) is 6.84.